The summed E-state index contributed by atoms with van der Waals surface area (Å²) in [6.45, 7) is 0. The molecule has 24 heavy (non-hydrogen) atoms. The zero-order chi connectivity index (χ0) is 17.2. The highest BCUT2D eigenvalue weighted by Crippen LogP contribution is 2.30. The Kier molecular flexibility index (Phi) is 4.48. The van der Waals surface area contributed by atoms with Crippen molar-refractivity contribution in [2.45, 2.75) is 35.8 Å². The number of carbonyl (C=O) groups excluding carboxylic acids is 1. The molecule has 0 aliphatic heterocycles. The topological polar surface area (TPSA) is 109 Å². The zero-order valence-electron chi connectivity index (χ0n) is 12.9. The number of hydrogen-bond donors (Lipinski definition) is 2. The first-order valence-corrected chi connectivity index (χ1v) is 9.22. The van der Waals surface area contributed by atoms with Gasteiger partial charge in [-0.2, -0.15) is 5.10 Å². The average molecular weight is 347 g/mol. The van der Waals surface area contributed by atoms with E-state index in [1.807, 2.05) is 0 Å². The summed E-state index contributed by atoms with van der Waals surface area (Å²) in [5.74, 6) is -0.526. The number of H-pyrrole nitrogens is 1. The maximum atomic E-state index is 12.6. The molecule has 1 aliphatic carbocycles. The highest BCUT2D eigenvalue weighted by molar-refractivity contribution is 7.92. The van der Waals surface area contributed by atoms with Gasteiger partial charge in [-0.3, -0.25) is 9.59 Å². The van der Waals surface area contributed by atoms with Gasteiger partial charge in [0.15, 0.2) is 9.84 Å². The Morgan fingerprint density at radius 1 is 1.17 bits per heavy atom. The van der Waals surface area contributed by atoms with Crippen molar-refractivity contribution in [3.63, 3.8) is 0 Å². The summed E-state index contributed by atoms with van der Waals surface area (Å²) in [6, 6.07) is 8.70. The van der Waals surface area contributed by atoms with Crippen molar-refractivity contribution < 1.29 is 13.2 Å². The van der Waals surface area contributed by atoms with Crippen LogP contribution in [0, 0.1) is 0 Å². The number of nitrogens with one attached hydrogen (secondary N) is 2. The molecule has 3 rings (SSSR count). The zero-order valence-corrected chi connectivity index (χ0v) is 13.7. The molecule has 1 aromatic carbocycles. The van der Waals surface area contributed by atoms with E-state index in [0.717, 1.165) is 12.8 Å². The van der Waals surface area contributed by atoms with Gasteiger partial charge < -0.3 is 5.32 Å². The van der Waals surface area contributed by atoms with Crippen molar-refractivity contribution in [1.29, 1.82) is 0 Å². The predicted molar refractivity (Wildman–Crippen MR) is 88.7 cm³/mol. The van der Waals surface area contributed by atoms with Crippen molar-refractivity contribution in [1.82, 2.24) is 10.2 Å². The predicted octanol–water partition coefficient (Wildman–Crippen LogP) is 1.74. The molecular formula is C16H17N3O4S. The smallest absolute Gasteiger partial charge is 0.276 e. The molecule has 0 saturated heterocycles. The molecule has 0 unspecified atom stereocenters. The Balaban J connectivity index is 1.81. The van der Waals surface area contributed by atoms with Crippen LogP contribution in [0.5, 0.6) is 0 Å². The average Bonchev–Trinajstić information content (AvgIpc) is 3.11. The molecule has 0 radical (unpaired) electrons. The second kappa shape index (κ2) is 6.56. The van der Waals surface area contributed by atoms with Crippen molar-refractivity contribution in [2.75, 3.05) is 5.32 Å². The van der Waals surface area contributed by atoms with Gasteiger partial charge in [-0.15, -0.1) is 0 Å². The lowest BCUT2D eigenvalue weighted by Gasteiger charge is -2.12. The number of anilines is 1. The van der Waals surface area contributed by atoms with E-state index >= 15 is 0 Å². The number of sulfone groups is 1. The molecule has 1 aromatic heterocycles. The molecule has 1 aliphatic rings. The summed E-state index contributed by atoms with van der Waals surface area (Å²) in [4.78, 5) is 23.3. The molecular weight excluding hydrogens is 330 g/mol. The Morgan fingerprint density at radius 2 is 1.92 bits per heavy atom. The molecule has 0 atom stereocenters. The minimum Gasteiger partial charge on any atom is -0.321 e. The lowest BCUT2D eigenvalue weighted by atomic mass is 10.3. The molecule has 0 bridgehead atoms. The van der Waals surface area contributed by atoms with Gasteiger partial charge in [-0.1, -0.05) is 18.9 Å². The van der Waals surface area contributed by atoms with Crippen LogP contribution in [0.25, 0.3) is 0 Å². The molecule has 1 heterocycles. The van der Waals surface area contributed by atoms with Crippen LogP contribution in [0.3, 0.4) is 0 Å². The second-order valence-electron chi connectivity index (χ2n) is 5.74. The summed E-state index contributed by atoms with van der Waals surface area (Å²) in [7, 11) is -3.38. The van der Waals surface area contributed by atoms with Crippen molar-refractivity contribution in [2.24, 2.45) is 0 Å². The fraction of sp³-hybridized carbons (Fsp3) is 0.312. The molecule has 7 nitrogen and oxygen atoms in total. The van der Waals surface area contributed by atoms with E-state index in [2.05, 4.69) is 15.5 Å². The monoisotopic (exact) mass is 347 g/mol. The first-order valence-electron chi connectivity index (χ1n) is 7.68. The number of amides is 1. The fourth-order valence-corrected chi connectivity index (χ4v) is 4.71. The summed E-state index contributed by atoms with van der Waals surface area (Å²) in [6.07, 6.45) is 3.22. The Morgan fingerprint density at radius 3 is 2.58 bits per heavy atom. The fourth-order valence-electron chi connectivity index (χ4n) is 2.81. The SMILES string of the molecule is O=C(Nc1cccc(S(=O)(=O)C2CCCC2)c1)c1ccc(=O)[nH]n1. The molecule has 8 heteroatoms. The molecule has 0 spiro atoms. The maximum Gasteiger partial charge on any atom is 0.276 e. The lowest BCUT2D eigenvalue weighted by molar-refractivity contribution is 0.102. The summed E-state index contributed by atoms with van der Waals surface area (Å²) >= 11 is 0. The van der Waals surface area contributed by atoms with E-state index in [0.29, 0.717) is 18.5 Å². The van der Waals surface area contributed by atoms with Gasteiger partial charge in [-0.25, -0.2) is 13.5 Å². The number of nitrogens with zero attached hydrogens (tertiary/aromatic N) is 1. The van der Waals surface area contributed by atoms with Crippen LogP contribution in [0.1, 0.15) is 36.2 Å². The standard InChI is InChI=1S/C16H17N3O4S/c20-15-9-8-14(18-19-15)16(21)17-11-4-3-7-13(10-11)24(22,23)12-5-1-2-6-12/h3-4,7-10,12H,1-2,5-6H2,(H,17,21)(H,19,20). The third-order valence-electron chi connectivity index (χ3n) is 4.07. The number of carbonyl (C=O) groups is 1. The van der Waals surface area contributed by atoms with Crippen LogP contribution in [0.2, 0.25) is 0 Å². The highest BCUT2D eigenvalue weighted by Gasteiger charge is 2.30. The van der Waals surface area contributed by atoms with Gasteiger partial charge in [0, 0.05) is 11.8 Å². The number of benzene rings is 1. The van der Waals surface area contributed by atoms with Crippen LogP contribution in [-0.4, -0.2) is 29.8 Å². The summed E-state index contributed by atoms with van der Waals surface area (Å²) in [5, 5.41) is 8.07. The first kappa shape index (κ1) is 16.4. The maximum absolute atomic E-state index is 12.6. The number of aromatic nitrogens is 2. The van der Waals surface area contributed by atoms with Crippen LogP contribution < -0.4 is 10.9 Å². The quantitative estimate of drug-likeness (QED) is 0.875. The van der Waals surface area contributed by atoms with Crippen LogP contribution in [0.15, 0.2) is 46.1 Å². The Labute approximate surface area is 139 Å². The van der Waals surface area contributed by atoms with Gasteiger partial charge >= 0.3 is 0 Å². The van der Waals surface area contributed by atoms with Crippen molar-refractivity contribution >= 4 is 21.4 Å². The van der Waals surface area contributed by atoms with Gasteiger partial charge in [0.2, 0.25) is 0 Å². The second-order valence-corrected chi connectivity index (χ2v) is 7.97. The van der Waals surface area contributed by atoms with E-state index in [4.69, 9.17) is 0 Å². The first-order chi connectivity index (χ1) is 11.5. The Hall–Kier alpha value is -2.48. The third kappa shape index (κ3) is 3.38. The third-order valence-corrected chi connectivity index (χ3v) is 6.33. The van der Waals surface area contributed by atoms with Gasteiger partial charge in [0.05, 0.1) is 10.1 Å². The van der Waals surface area contributed by atoms with Crippen LogP contribution in [-0.2, 0) is 9.84 Å². The van der Waals surface area contributed by atoms with E-state index < -0.39 is 21.3 Å². The largest absolute Gasteiger partial charge is 0.321 e. The van der Waals surface area contributed by atoms with E-state index in [1.165, 1.54) is 18.2 Å². The van der Waals surface area contributed by atoms with E-state index in [1.54, 1.807) is 18.2 Å². The molecule has 1 amide bonds. The molecule has 2 N–H and O–H groups in total. The Bertz CT molecular complexity index is 894. The molecule has 126 valence electrons. The minimum atomic E-state index is -3.38. The minimum absolute atomic E-state index is 0.0404. The van der Waals surface area contributed by atoms with Crippen molar-refractivity contribution in [3.05, 3.63) is 52.4 Å². The normalized spacial score (nSPS) is 15.3. The van der Waals surface area contributed by atoms with E-state index in [9.17, 15) is 18.0 Å². The van der Waals surface area contributed by atoms with E-state index in [-0.39, 0.29) is 15.8 Å². The number of aromatic amines is 1. The summed E-state index contributed by atoms with van der Waals surface area (Å²) in [5.41, 5.74) is 0.00179. The lowest BCUT2D eigenvalue weighted by Crippen LogP contribution is -2.19. The summed E-state index contributed by atoms with van der Waals surface area (Å²) < 4.78 is 25.2. The van der Waals surface area contributed by atoms with Gasteiger partial charge in [0.25, 0.3) is 11.5 Å². The number of hydrogen-bond acceptors (Lipinski definition) is 5. The van der Waals surface area contributed by atoms with Gasteiger partial charge in [0.1, 0.15) is 5.69 Å². The highest BCUT2D eigenvalue weighted by atomic mass is 32.2. The molecule has 1 saturated carbocycles. The van der Waals surface area contributed by atoms with Crippen LogP contribution >= 0.6 is 0 Å². The molecule has 2 aromatic rings. The molecule has 1 fully saturated rings. The number of rotatable bonds is 4. The van der Waals surface area contributed by atoms with Gasteiger partial charge in [-0.05, 0) is 37.1 Å². The van der Waals surface area contributed by atoms with Crippen molar-refractivity contribution in [3.8, 4) is 0 Å². The van der Waals surface area contributed by atoms with Crippen LogP contribution in [0.4, 0.5) is 5.69 Å².